The zero-order valence-electron chi connectivity index (χ0n) is 9.66. The second kappa shape index (κ2) is 3.97. The molecule has 0 saturated heterocycles. The van der Waals surface area contributed by atoms with Gasteiger partial charge in [-0.25, -0.2) is 4.98 Å². The maximum Gasteiger partial charge on any atom is 0.126 e. The Bertz CT molecular complexity index is 305. The third-order valence-corrected chi connectivity index (χ3v) is 3.74. The van der Waals surface area contributed by atoms with Gasteiger partial charge in [-0.05, 0) is 24.7 Å². The highest BCUT2D eigenvalue weighted by Gasteiger charge is 2.37. The molecular weight excluding hydrogens is 186 g/mol. The van der Waals surface area contributed by atoms with Gasteiger partial charge in [0.15, 0.2) is 0 Å². The van der Waals surface area contributed by atoms with Crippen molar-refractivity contribution in [1.29, 1.82) is 0 Å². The van der Waals surface area contributed by atoms with E-state index < -0.39 is 0 Å². The lowest BCUT2D eigenvalue weighted by Gasteiger charge is -2.38. The third kappa shape index (κ3) is 2.07. The number of nitrogens with two attached hydrogens (primary N) is 1. The molecule has 0 aliphatic heterocycles. The van der Waals surface area contributed by atoms with Gasteiger partial charge in [0.1, 0.15) is 5.82 Å². The van der Waals surface area contributed by atoms with E-state index >= 15 is 0 Å². The molecule has 1 heterocycles. The number of aromatic nitrogens is 2. The summed E-state index contributed by atoms with van der Waals surface area (Å²) in [4.78, 5) is 7.50. The summed E-state index contributed by atoms with van der Waals surface area (Å²) in [7, 11) is 0. The molecule has 0 unspecified atom stereocenters. The number of nitrogens with zero attached hydrogens (tertiary/aromatic N) is 1. The molecule has 1 aliphatic carbocycles. The van der Waals surface area contributed by atoms with Gasteiger partial charge in [0.25, 0.3) is 0 Å². The molecule has 1 aromatic rings. The van der Waals surface area contributed by atoms with Crippen molar-refractivity contribution in [3.8, 4) is 0 Å². The van der Waals surface area contributed by atoms with Crippen molar-refractivity contribution >= 4 is 0 Å². The number of imidazole rings is 1. The van der Waals surface area contributed by atoms with Crippen molar-refractivity contribution < 1.29 is 0 Å². The molecular formula is C12H21N3. The summed E-state index contributed by atoms with van der Waals surface area (Å²) in [6, 6.07) is 0. The summed E-state index contributed by atoms with van der Waals surface area (Å²) < 4.78 is 0. The van der Waals surface area contributed by atoms with Crippen molar-refractivity contribution in [2.45, 2.75) is 45.1 Å². The van der Waals surface area contributed by atoms with E-state index in [2.05, 4.69) is 23.8 Å². The molecule has 84 valence electrons. The maximum absolute atomic E-state index is 6.46. The Labute approximate surface area is 91.5 Å². The Morgan fingerprint density at radius 2 is 2.40 bits per heavy atom. The van der Waals surface area contributed by atoms with Crippen LogP contribution in [0.25, 0.3) is 0 Å². The average molecular weight is 207 g/mol. The van der Waals surface area contributed by atoms with E-state index in [0.717, 1.165) is 30.5 Å². The molecule has 0 amide bonds. The normalized spacial score (nSPS) is 32.1. The third-order valence-electron chi connectivity index (χ3n) is 3.74. The molecule has 1 fully saturated rings. The second-order valence-electron chi connectivity index (χ2n) is 5.19. The molecule has 3 heteroatoms. The van der Waals surface area contributed by atoms with Gasteiger partial charge in [0.2, 0.25) is 0 Å². The van der Waals surface area contributed by atoms with E-state index in [1.54, 1.807) is 6.20 Å². The largest absolute Gasteiger partial charge is 0.347 e. The fraction of sp³-hybridized carbons (Fsp3) is 0.750. The first kappa shape index (κ1) is 10.7. The molecule has 0 spiro atoms. The predicted octanol–water partition coefficient (Wildman–Crippen LogP) is 2.41. The van der Waals surface area contributed by atoms with Crippen molar-refractivity contribution in [3.63, 3.8) is 0 Å². The maximum atomic E-state index is 6.46. The van der Waals surface area contributed by atoms with Crippen LogP contribution in [0.5, 0.6) is 0 Å². The second-order valence-corrected chi connectivity index (χ2v) is 5.19. The highest BCUT2D eigenvalue weighted by atomic mass is 15.0. The van der Waals surface area contributed by atoms with Gasteiger partial charge in [-0.15, -0.1) is 0 Å². The lowest BCUT2D eigenvalue weighted by atomic mass is 9.72. The van der Waals surface area contributed by atoms with Crippen LogP contribution in [-0.2, 0) is 5.54 Å². The molecule has 0 aromatic carbocycles. The van der Waals surface area contributed by atoms with Gasteiger partial charge in [0.05, 0.1) is 5.54 Å². The topological polar surface area (TPSA) is 54.7 Å². The fourth-order valence-electron chi connectivity index (χ4n) is 2.67. The van der Waals surface area contributed by atoms with Crippen LogP contribution >= 0.6 is 0 Å². The molecule has 0 bridgehead atoms. The van der Waals surface area contributed by atoms with Crippen LogP contribution in [0.15, 0.2) is 12.4 Å². The van der Waals surface area contributed by atoms with Crippen molar-refractivity contribution in [3.05, 3.63) is 18.2 Å². The molecule has 0 radical (unpaired) electrons. The Balaban J connectivity index is 2.15. The van der Waals surface area contributed by atoms with Crippen LogP contribution < -0.4 is 5.73 Å². The van der Waals surface area contributed by atoms with Gasteiger partial charge in [-0.2, -0.15) is 0 Å². The fourth-order valence-corrected chi connectivity index (χ4v) is 2.67. The Morgan fingerprint density at radius 3 is 3.00 bits per heavy atom. The minimum atomic E-state index is -0.212. The average Bonchev–Trinajstić information content (AvgIpc) is 2.71. The standard InChI is InChI=1S/C12H21N3/c1-9(2)10-4-3-5-12(13,8-10)11-14-6-7-15-11/h6-7,9-10H,3-5,8,13H2,1-2H3,(H,14,15)/t10-,12+/m1/s1. The lowest BCUT2D eigenvalue weighted by Crippen LogP contribution is -2.43. The molecule has 3 nitrogen and oxygen atoms in total. The Morgan fingerprint density at radius 1 is 1.60 bits per heavy atom. The van der Waals surface area contributed by atoms with Crippen LogP contribution in [0.3, 0.4) is 0 Å². The van der Waals surface area contributed by atoms with Crippen LogP contribution in [0.2, 0.25) is 0 Å². The molecule has 3 N–H and O–H groups in total. The van der Waals surface area contributed by atoms with E-state index in [0.29, 0.717) is 0 Å². The van der Waals surface area contributed by atoms with E-state index in [9.17, 15) is 0 Å². The number of rotatable bonds is 2. The number of nitrogens with one attached hydrogen (secondary N) is 1. The monoisotopic (exact) mass is 207 g/mol. The highest BCUT2D eigenvalue weighted by molar-refractivity contribution is 5.07. The Kier molecular flexibility index (Phi) is 2.83. The summed E-state index contributed by atoms with van der Waals surface area (Å²) in [5, 5.41) is 0. The zero-order chi connectivity index (χ0) is 10.9. The van der Waals surface area contributed by atoms with Crippen LogP contribution in [0.1, 0.15) is 45.4 Å². The Hall–Kier alpha value is -0.830. The highest BCUT2D eigenvalue weighted by Crippen LogP contribution is 2.39. The molecule has 1 aliphatic rings. The van der Waals surface area contributed by atoms with E-state index in [4.69, 9.17) is 5.73 Å². The summed E-state index contributed by atoms with van der Waals surface area (Å²) in [5.41, 5.74) is 6.25. The summed E-state index contributed by atoms with van der Waals surface area (Å²) >= 11 is 0. The number of hydrogen-bond acceptors (Lipinski definition) is 2. The van der Waals surface area contributed by atoms with E-state index in [1.807, 2.05) is 6.20 Å². The summed E-state index contributed by atoms with van der Waals surface area (Å²) in [6.45, 7) is 4.58. The van der Waals surface area contributed by atoms with Gasteiger partial charge in [-0.1, -0.05) is 26.7 Å². The minimum absolute atomic E-state index is 0.212. The first-order valence-electron chi connectivity index (χ1n) is 5.90. The van der Waals surface area contributed by atoms with Crippen molar-refractivity contribution in [2.24, 2.45) is 17.6 Å². The van der Waals surface area contributed by atoms with Gasteiger partial charge >= 0.3 is 0 Å². The SMILES string of the molecule is CC(C)[C@@H]1CCC[C@@](N)(c2ncc[nH]2)C1. The predicted molar refractivity (Wildman–Crippen MR) is 61.2 cm³/mol. The van der Waals surface area contributed by atoms with Crippen molar-refractivity contribution in [1.82, 2.24) is 9.97 Å². The molecule has 1 saturated carbocycles. The first-order valence-corrected chi connectivity index (χ1v) is 5.90. The van der Waals surface area contributed by atoms with Crippen LogP contribution in [0, 0.1) is 11.8 Å². The summed E-state index contributed by atoms with van der Waals surface area (Å²) in [5.74, 6) is 2.44. The van der Waals surface area contributed by atoms with Gasteiger partial charge in [0, 0.05) is 12.4 Å². The lowest BCUT2D eigenvalue weighted by molar-refractivity contribution is 0.177. The molecule has 2 rings (SSSR count). The van der Waals surface area contributed by atoms with Gasteiger partial charge in [-0.3, -0.25) is 0 Å². The molecule has 1 aromatic heterocycles. The number of H-pyrrole nitrogens is 1. The quantitative estimate of drug-likeness (QED) is 0.782. The minimum Gasteiger partial charge on any atom is -0.347 e. The zero-order valence-corrected chi connectivity index (χ0v) is 9.66. The van der Waals surface area contributed by atoms with Crippen LogP contribution in [-0.4, -0.2) is 9.97 Å². The smallest absolute Gasteiger partial charge is 0.126 e. The van der Waals surface area contributed by atoms with E-state index in [1.165, 1.54) is 12.8 Å². The molecule has 15 heavy (non-hydrogen) atoms. The molecule has 2 atom stereocenters. The van der Waals surface area contributed by atoms with Crippen molar-refractivity contribution in [2.75, 3.05) is 0 Å². The number of hydrogen-bond donors (Lipinski definition) is 2. The van der Waals surface area contributed by atoms with Crippen LogP contribution in [0.4, 0.5) is 0 Å². The first-order chi connectivity index (χ1) is 7.12. The van der Waals surface area contributed by atoms with E-state index in [-0.39, 0.29) is 5.54 Å². The summed E-state index contributed by atoms with van der Waals surface area (Å²) in [6.07, 6.45) is 8.32. The number of aromatic amines is 1. The van der Waals surface area contributed by atoms with Gasteiger partial charge < -0.3 is 10.7 Å².